The lowest BCUT2D eigenvalue weighted by Crippen LogP contribution is -2.38. The first-order valence-electron chi connectivity index (χ1n) is 8.87. The molecule has 3 unspecified atom stereocenters. The zero-order valence-electron chi connectivity index (χ0n) is 14.3. The van der Waals surface area contributed by atoms with Crippen molar-refractivity contribution in [1.82, 2.24) is 5.32 Å². The number of rotatable bonds is 6. The van der Waals surface area contributed by atoms with E-state index in [1.54, 1.807) is 0 Å². The van der Waals surface area contributed by atoms with Crippen LogP contribution in [0, 0.1) is 17.8 Å². The van der Waals surface area contributed by atoms with Crippen molar-refractivity contribution in [2.45, 2.75) is 71.9 Å². The fraction of sp³-hybridized carbons (Fsp3) is 0.700. The fourth-order valence-electron chi connectivity index (χ4n) is 3.73. The van der Waals surface area contributed by atoms with Gasteiger partial charge in [-0.2, -0.15) is 0 Å². The maximum absolute atomic E-state index is 3.99. The molecule has 0 amide bonds. The number of hydrogen-bond acceptors (Lipinski definition) is 1. The fourth-order valence-corrected chi connectivity index (χ4v) is 3.73. The van der Waals surface area contributed by atoms with Gasteiger partial charge in [0.15, 0.2) is 0 Å². The molecule has 0 spiro atoms. The lowest BCUT2D eigenvalue weighted by molar-refractivity contribution is 0.215. The van der Waals surface area contributed by atoms with Crippen LogP contribution >= 0.6 is 0 Å². The van der Waals surface area contributed by atoms with Crippen LogP contribution in [0.2, 0.25) is 0 Å². The summed E-state index contributed by atoms with van der Waals surface area (Å²) in [5, 5.41) is 3.99. The van der Waals surface area contributed by atoms with Crippen LogP contribution in [0.25, 0.3) is 0 Å². The Kier molecular flexibility index (Phi) is 6.29. The Morgan fingerprint density at radius 3 is 2.38 bits per heavy atom. The molecular weight excluding hydrogens is 254 g/mol. The van der Waals surface area contributed by atoms with Gasteiger partial charge in [-0.25, -0.2) is 0 Å². The highest BCUT2D eigenvalue weighted by Gasteiger charge is 2.26. The largest absolute Gasteiger partial charge is 0.307 e. The molecule has 1 aliphatic carbocycles. The van der Waals surface area contributed by atoms with Crippen LogP contribution in [0.1, 0.15) is 71.4 Å². The predicted octanol–water partition coefficient (Wildman–Crippen LogP) is 5.58. The Balaban J connectivity index is 2.01. The highest BCUT2D eigenvalue weighted by molar-refractivity contribution is 5.19. The zero-order chi connectivity index (χ0) is 15.2. The molecular formula is C20H33N. The number of nitrogens with one attached hydrogen (secondary N) is 1. The van der Waals surface area contributed by atoms with Crippen molar-refractivity contribution in [1.29, 1.82) is 0 Å². The molecule has 0 aliphatic heterocycles. The normalized spacial score (nSPS) is 24.5. The third kappa shape index (κ3) is 5.14. The summed E-state index contributed by atoms with van der Waals surface area (Å²) in [5.41, 5.74) is 1.46. The van der Waals surface area contributed by atoms with Gasteiger partial charge in [-0.05, 0) is 42.6 Å². The van der Waals surface area contributed by atoms with E-state index in [9.17, 15) is 0 Å². The van der Waals surface area contributed by atoms with Gasteiger partial charge >= 0.3 is 0 Å². The van der Waals surface area contributed by atoms with E-state index >= 15 is 0 Å². The maximum atomic E-state index is 3.99. The van der Waals surface area contributed by atoms with Gasteiger partial charge in [0.2, 0.25) is 0 Å². The van der Waals surface area contributed by atoms with E-state index in [1.807, 2.05) is 0 Å². The van der Waals surface area contributed by atoms with E-state index in [1.165, 1.54) is 37.7 Å². The van der Waals surface area contributed by atoms with E-state index in [4.69, 9.17) is 0 Å². The van der Waals surface area contributed by atoms with Crippen molar-refractivity contribution in [3.8, 4) is 0 Å². The van der Waals surface area contributed by atoms with Crippen LogP contribution < -0.4 is 5.32 Å². The molecule has 21 heavy (non-hydrogen) atoms. The molecule has 1 saturated carbocycles. The quantitative estimate of drug-likeness (QED) is 0.720. The summed E-state index contributed by atoms with van der Waals surface area (Å²) in [5.74, 6) is 2.47. The van der Waals surface area contributed by atoms with Crippen molar-refractivity contribution < 1.29 is 0 Å². The Morgan fingerprint density at radius 1 is 1.05 bits per heavy atom. The summed E-state index contributed by atoms with van der Waals surface area (Å²) in [6.07, 6.45) is 6.76. The van der Waals surface area contributed by atoms with Gasteiger partial charge in [0.1, 0.15) is 0 Å². The summed E-state index contributed by atoms with van der Waals surface area (Å²) in [6, 6.07) is 12.2. The average Bonchev–Trinajstić information content (AvgIpc) is 2.47. The minimum Gasteiger partial charge on any atom is -0.307 e. The molecule has 0 heterocycles. The van der Waals surface area contributed by atoms with Crippen LogP contribution in [-0.2, 0) is 0 Å². The molecule has 1 heteroatoms. The highest BCUT2D eigenvalue weighted by atomic mass is 15.0. The second kappa shape index (κ2) is 7.98. The van der Waals surface area contributed by atoms with E-state index in [0.29, 0.717) is 12.1 Å². The van der Waals surface area contributed by atoms with E-state index in [2.05, 4.69) is 63.3 Å². The highest BCUT2D eigenvalue weighted by Crippen LogP contribution is 2.32. The monoisotopic (exact) mass is 287 g/mol. The smallest absolute Gasteiger partial charge is 0.0325 e. The first-order chi connectivity index (χ1) is 10.1. The standard InChI is InChI=1S/C20H33N/c1-15(2)13-20(17-9-6-5-7-10-17)21-19-12-8-11-18(14-19)16(3)4/h5-7,9-10,15-16,18-21H,8,11-14H2,1-4H3. The third-order valence-corrected chi connectivity index (χ3v) is 5.00. The summed E-state index contributed by atoms with van der Waals surface area (Å²) in [4.78, 5) is 0. The lowest BCUT2D eigenvalue weighted by atomic mass is 9.79. The second-order valence-electron chi connectivity index (χ2n) is 7.63. The summed E-state index contributed by atoms with van der Waals surface area (Å²) in [7, 11) is 0. The van der Waals surface area contributed by atoms with Gasteiger partial charge in [0.05, 0.1) is 0 Å². The van der Waals surface area contributed by atoms with Crippen molar-refractivity contribution in [3.63, 3.8) is 0 Å². The van der Waals surface area contributed by atoms with Gasteiger partial charge in [0, 0.05) is 12.1 Å². The molecule has 3 atom stereocenters. The number of hydrogen-bond donors (Lipinski definition) is 1. The molecule has 1 fully saturated rings. The molecule has 1 nitrogen and oxygen atoms in total. The van der Waals surface area contributed by atoms with Crippen molar-refractivity contribution in [3.05, 3.63) is 35.9 Å². The van der Waals surface area contributed by atoms with Crippen molar-refractivity contribution >= 4 is 0 Å². The molecule has 0 aromatic heterocycles. The minimum absolute atomic E-state index is 0.516. The molecule has 1 N–H and O–H groups in total. The van der Waals surface area contributed by atoms with Gasteiger partial charge in [-0.1, -0.05) is 70.9 Å². The van der Waals surface area contributed by atoms with Crippen LogP contribution in [0.5, 0.6) is 0 Å². The van der Waals surface area contributed by atoms with Crippen molar-refractivity contribution in [2.75, 3.05) is 0 Å². The maximum Gasteiger partial charge on any atom is 0.0325 e. The van der Waals surface area contributed by atoms with Crippen LogP contribution in [0.3, 0.4) is 0 Å². The average molecular weight is 287 g/mol. The first kappa shape index (κ1) is 16.5. The molecule has 0 saturated heterocycles. The molecule has 0 radical (unpaired) electrons. The molecule has 0 bridgehead atoms. The van der Waals surface area contributed by atoms with E-state index in [0.717, 1.165) is 17.8 Å². The Morgan fingerprint density at radius 2 is 1.76 bits per heavy atom. The first-order valence-corrected chi connectivity index (χ1v) is 8.87. The van der Waals surface area contributed by atoms with Crippen LogP contribution in [0.4, 0.5) is 0 Å². The van der Waals surface area contributed by atoms with Gasteiger partial charge in [0.25, 0.3) is 0 Å². The molecule has 1 aliphatic rings. The summed E-state index contributed by atoms with van der Waals surface area (Å²) in [6.45, 7) is 9.43. The Bertz CT molecular complexity index is 396. The molecule has 2 rings (SSSR count). The zero-order valence-corrected chi connectivity index (χ0v) is 14.3. The minimum atomic E-state index is 0.516. The molecule has 118 valence electrons. The SMILES string of the molecule is CC(C)CC(NC1CCCC(C(C)C)C1)c1ccccc1. The Labute approximate surface area is 131 Å². The molecule has 1 aromatic rings. The van der Waals surface area contributed by atoms with Crippen LogP contribution in [0.15, 0.2) is 30.3 Å². The predicted molar refractivity (Wildman–Crippen MR) is 92.4 cm³/mol. The topological polar surface area (TPSA) is 12.0 Å². The van der Waals surface area contributed by atoms with Crippen molar-refractivity contribution in [2.24, 2.45) is 17.8 Å². The lowest BCUT2D eigenvalue weighted by Gasteiger charge is -2.35. The van der Waals surface area contributed by atoms with E-state index < -0.39 is 0 Å². The Hall–Kier alpha value is -0.820. The van der Waals surface area contributed by atoms with Gasteiger partial charge < -0.3 is 5.32 Å². The number of benzene rings is 1. The van der Waals surface area contributed by atoms with E-state index in [-0.39, 0.29) is 0 Å². The van der Waals surface area contributed by atoms with Gasteiger partial charge in [-0.3, -0.25) is 0 Å². The van der Waals surface area contributed by atoms with Gasteiger partial charge in [-0.15, -0.1) is 0 Å². The molecule has 1 aromatic carbocycles. The second-order valence-corrected chi connectivity index (χ2v) is 7.63. The summed E-state index contributed by atoms with van der Waals surface area (Å²) >= 11 is 0. The summed E-state index contributed by atoms with van der Waals surface area (Å²) < 4.78 is 0. The van der Waals surface area contributed by atoms with Crippen LogP contribution in [-0.4, -0.2) is 6.04 Å². The third-order valence-electron chi connectivity index (χ3n) is 5.00.